The van der Waals surface area contributed by atoms with Gasteiger partial charge in [-0.1, -0.05) is 24.3 Å². The van der Waals surface area contributed by atoms with E-state index >= 15 is 0 Å². The van der Waals surface area contributed by atoms with E-state index < -0.39 is 12.7 Å². The summed E-state index contributed by atoms with van der Waals surface area (Å²) in [4.78, 5) is 0.912. The molecule has 2 N–H and O–H groups in total. The predicted octanol–water partition coefficient (Wildman–Crippen LogP) is 3.40. The summed E-state index contributed by atoms with van der Waals surface area (Å²) >= 11 is 1.49. The average Bonchev–Trinajstić information content (AvgIpc) is 2.81. The SMILES string of the molecule is N[C@H](c1cccs1)c1ccccc1OC(F)F. The van der Waals surface area contributed by atoms with Gasteiger partial charge in [-0.05, 0) is 17.5 Å². The minimum atomic E-state index is -2.84. The van der Waals surface area contributed by atoms with Crippen molar-refractivity contribution in [1.82, 2.24) is 0 Å². The van der Waals surface area contributed by atoms with Gasteiger partial charge < -0.3 is 10.5 Å². The maximum Gasteiger partial charge on any atom is 0.387 e. The van der Waals surface area contributed by atoms with Gasteiger partial charge in [0.2, 0.25) is 0 Å². The normalized spacial score (nSPS) is 12.7. The third-order valence-electron chi connectivity index (χ3n) is 2.32. The Bertz CT molecular complexity index is 473. The Morgan fingerprint density at radius 1 is 1.12 bits per heavy atom. The second-order valence-corrected chi connectivity index (χ2v) is 4.39. The average molecular weight is 255 g/mol. The summed E-state index contributed by atoms with van der Waals surface area (Å²) < 4.78 is 28.9. The van der Waals surface area contributed by atoms with Crippen LogP contribution in [0.4, 0.5) is 8.78 Å². The van der Waals surface area contributed by atoms with Crippen LogP contribution in [0.3, 0.4) is 0 Å². The first-order valence-corrected chi connectivity index (χ1v) is 5.89. The number of hydrogen-bond donors (Lipinski definition) is 1. The van der Waals surface area contributed by atoms with Gasteiger partial charge in [0, 0.05) is 10.4 Å². The summed E-state index contributed by atoms with van der Waals surface area (Å²) in [6.07, 6.45) is 0. The second-order valence-electron chi connectivity index (χ2n) is 3.41. The zero-order chi connectivity index (χ0) is 12.3. The smallest absolute Gasteiger partial charge is 0.387 e. The van der Waals surface area contributed by atoms with Gasteiger partial charge in [-0.2, -0.15) is 8.78 Å². The molecule has 2 nitrogen and oxygen atoms in total. The molecule has 90 valence electrons. The van der Waals surface area contributed by atoms with Gasteiger partial charge in [-0.25, -0.2) is 0 Å². The van der Waals surface area contributed by atoms with Crippen molar-refractivity contribution < 1.29 is 13.5 Å². The number of benzene rings is 1. The second kappa shape index (κ2) is 5.25. The van der Waals surface area contributed by atoms with Crippen molar-refractivity contribution in [2.45, 2.75) is 12.7 Å². The fourth-order valence-corrected chi connectivity index (χ4v) is 2.31. The van der Waals surface area contributed by atoms with E-state index in [0.717, 1.165) is 4.88 Å². The minimum Gasteiger partial charge on any atom is -0.434 e. The first-order valence-electron chi connectivity index (χ1n) is 5.01. The van der Waals surface area contributed by atoms with E-state index in [1.807, 2.05) is 17.5 Å². The van der Waals surface area contributed by atoms with Crippen LogP contribution in [-0.2, 0) is 0 Å². The highest BCUT2D eigenvalue weighted by Crippen LogP contribution is 2.31. The molecule has 0 fully saturated rings. The summed E-state index contributed by atoms with van der Waals surface area (Å²) in [7, 11) is 0. The molecular weight excluding hydrogens is 244 g/mol. The molecule has 0 aliphatic heterocycles. The van der Waals surface area contributed by atoms with Crippen LogP contribution in [0.25, 0.3) is 0 Å². The van der Waals surface area contributed by atoms with Crippen molar-refractivity contribution in [3.8, 4) is 5.75 Å². The lowest BCUT2D eigenvalue weighted by Gasteiger charge is -2.15. The Balaban J connectivity index is 2.31. The molecular formula is C12H11F2NOS. The van der Waals surface area contributed by atoms with Crippen molar-refractivity contribution in [3.63, 3.8) is 0 Å². The molecule has 0 saturated carbocycles. The van der Waals surface area contributed by atoms with Crippen molar-refractivity contribution in [2.75, 3.05) is 0 Å². The van der Waals surface area contributed by atoms with E-state index in [1.165, 1.54) is 17.4 Å². The van der Waals surface area contributed by atoms with Crippen LogP contribution >= 0.6 is 11.3 Å². The highest BCUT2D eigenvalue weighted by Gasteiger charge is 2.16. The lowest BCUT2D eigenvalue weighted by Crippen LogP contribution is -2.13. The Morgan fingerprint density at radius 3 is 2.53 bits per heavy atom. The first-order chi connectivity index (χ1) is 8.18. The largest absolute Gasteiger partial charge is 0.434 e. The summed E-state index contributed by atoms with van der Waals surface area (Å²) in [6.45, 7) is -2.84. The van der Waals surface area contributed by atoms with E-state index in [4.69, 9.17) is 5.73 Å². The molecule has 2 aromatic rings. The quantitative estimate of drug-likeness (QED) is 0.908. The third-order valence-corrected chi connectivity index (χ3v) is 3.28. The topological polar surface area (TPSA) is 35.2 Å². The first kappa shape index (κ1) is 12.0. The Morgan fingerprint density at radius 2 is 1.88 bits per heavy atom. The number of ether oxygens (including phenoxy) is 1. The number of thiophene rings is 1. The molecule has 1 heterocycles. The molecule has 1 atom stereocenters. The lowest BCUT2D eigenvalue weighted by molar-refractivity contribution is -0.0505. The summed E-state index contributed by atoms with van der Waals surface area (Å²) in [6, 6.07) is 9.89. The minimum absolute atomic E-state index is 0.128. The Kier molecular flexibility index (Phi) is 3.71. The van der Waals surface area contributed by atoms with Gasteiger partial charge in [0.15, 0.2) is 0 Å². The molecule has 0 aliphatic rings. The van der Waals surface area contributed by atoms with Crippen LogP contribution in [0.2, 0.25) is 0 Å². The zero-order valence-corrected chi connectivity index (χ0v) is 9.66. The van der Waals surface area contributed by atoms with Crippen LogP contribution in [0.15, 0.2) is 41.8 Å². The van der Waals surface area contributed by atoms with Crippen molar-refractivity contribution in [2.24, 2.45) is 5.73 Å². The van der Waals surface area contributed by atoms with Crippen LogP contribution < -0.4 is 10.5 Å². The van der Waals surface area contributed by atoms with E-state index in [2.05, 4.69) is 4.74 Å². The summed E-state index contributed by atoms with van der Waals surface area (Å²) in [5.74, 6) is 0.128. The number of nitrogens with two attached hydrogens (primary N) is 1. The van der Waals surface area contributed by atoms with Crippen LogP contribution in [-0.4, -0.2) is 6.61 Å². The number of alkyl halides is 2. The van der Waals surface area contributed by atoms with E-state index in [0.29, 0.717) is 5.56 Å². The summed E-state index contributed by atoms with van der Waals surface area (Å²) in [5, 5.41) is 1.89. The monoisotopic (exact) mass is 255 g/mol. The standard InChI is InChI=1S/C12H11F2NOS/c13-12(14)16-9-5-2-1-4-8(9)11(15)10-6-3-7-17-10/h1-7,11-12H,15H2/t11-/m0/s1. The van der Waals surface area contributed by atoms with E-state index in [1.54, 1.807) is 18.2 Å². The van der Waals surface area contributed by atoms with Gasteiger partial charge in [0.1, 0.15) is 5.75 Å². The molecule has 0 radical (unpaired) electrons. The molecule has 5 heteroatoms. The lowest BCUT2D eigenvalue weighted by atomic mass is 10.1. The van der Waals surface area contributed by atoms with Gasteiger partial charge in [-0.3, -0.25) is 0 Å². The van der Waals surface area contributed by atoms with Gasteiger partial charge in [-0.15, -0.1) is 11.3 Å². The fraction of sp³-hybridized carbons (Fsp3) is 0.167. The number of hydrogen-bond acceptors (Lipinski definition) is 3. The Hall–Kier alpha value is -1.46. The predicted molar refractivity (Wildman–Crippen MR) is 63.4 cm³/mol. The van der Waals surface area contributed by atoms with Gasteiger partial charge >= 0.3 is 6.61 Å². The molecule has 2 rings (SSSR count). The molecule has 17 heavy (non-hydrogen) atoms. The van der Waals surface area contributed by atoms with Gasteiger partial charge in [0.05, 0.1) is 6.04 Å². The number of para-hydroxylation sites is 1. The van der Waals surface area contributed by atoms with Gasteiger partial charge in [0.25, 0.3) is 0 Å². The van der Waals surface area contributed by atoms with Crippen LogP contribution in [0.1, 0.15) is 16.5 Å². The molecule has 0 unspecified atom stereocenters. The Labute approximate surface area is 102 Å². The maximum absolute atomic E-state index is 12.2. The molecule has 0 spiro atoms. The number of rotatable bonds is 4. The van der Waals surface area contributed by atoms with Crippen LogP contribution in [0.5, 0.6) is 5.75 Å². The van der Waals surface area contributed by atoms with Crippen molar-refractivity contribution in [3.05, 3.63) is 52.2 Å². The van der Waals surface area contributed by atoms with E-state index in [-0.39, 0.29) is 5.75 Å². The third kappa shape index (κ3) is 2.81. The molecule has 0 bridgehead atoms. The molecule has 1 aromatic carbocycles. The van der Waals surface area contributed by atoms with Crippen LogP contribution in [0, 0.1) is 0 Å². The molecule has 0 aliphatic carbocycles. The highest BCUT2D eigenvalue weighted by molar-refractivity contribution is 7.10. The highest BCUT2D eigenvalue weighted by atomic mass is 32.1. The number of halogens is 2. The van der Waals surface area contributed by atoms with Crippen molar-refractivity contribution in [1.29, 1.82) is 0 Å². The summed E-state index contributed by atoms with van der Waals surface area (Å²) in [5.41, 5.74) is 6.59. The molecule has 1 aromatic heterocycles. The molecule has 0 amide bonds. The zero-order valence-electron chi connectivity index (χ0n) is 8.85. The van der Waals surface area contributed by atoms with E-state index in [9.17, 15) is 8.78 Å². The van der Waals surface area contributed by atoms with Crippen molar-refractivity contribution >= 4 is 11.3 Å². The maximum atomic E-state index is 12.2. The molecule has 0 saturated heterocycles. The fourth-order valence-electron chi connectivity index (χ4n) is 1.56.